The van der Waals surface area contributed by atoms with E-state index in [-0.39, 0.29) is 19.5 Å². The number of nitrogens with one attached hydrogen (secondary N) is 2. The number of rotatable bonds is 9. The molecule has 0 fully saturated rings. The number of alkyl halides is 3. The van der Waals surface area contributed by atoms with E-state index in [1.807, 2.05) is 0 Å². The van der Waals surface area contributed by atoms with Gasteiger partial charge in [-0.05, 0) is 36.1 Å². The van der Waals surface area contributed by atoms with Crippen LogP contribution >= 0.6 is 0 Å². The second kappa shape index (κ2) is 10.1. The number of azide groups is 1. The number of halogens is 3. The maximum atomic E-state index is 12.5. The molecule has 0 aliphatic rings. The molecule has 0 aliphatic heterocycles. The fourth-order valence-corrected chi connectivity index (χ4v) is 2.08. The average molecular weight is 373 g/mol. The van der Waals surface area contributed by atoms with Crippen molar-refractivity contribution in [2.45, 2.75) is 38.0 Å². The summed E-state index contributed by atoms with van der Waals surface area (Å²) in [7, 11) is 0. The van der Waals surface area contributed by atoms with Gasteiger partial charge in [0.15, 0.2) is 0 Å². The Balaban J connectivity index is 2.49. The molecule has 0 radical (unpaired) electrons. The normalized spacial score (nSPS) is 12.0. The SMILES string of the molecule is [N-]=[N+]=NC(CCCCNC(=O)O)C(=O)NCc1ccc(C(F)(F)F)cc1. The Bertz CT molecular complexity index is 657. The maximum absolute atomic E-state index is 12.5. The summed E-state index contributed by atoms with van der Waals surface area (Å²) in [5.74, 6) is -0.547. The van der Waals surface area contributed by atoms with Gasteiger partial charge in [0.1, 0.15) is 6.04 Å². The Morgan fingerprint density at radius 3 is 2.38 bits per heavy atom. The van der Waals surface area contributed by atoms with E-state index in [2.05, 4.69) is 20.7 Å². The van der Waals surface area contributed by atoms with E-state index in [4.69, 9.17) is 10.6 Å². The van der Waals surface area contributed by atoms with Crippen LogP contribution in [-0.2, 0) is 17.5 Å². The average Bonchev–Trinajstić information content (AvgIpc) is 2.57. The van der Waals surface area contributed by atoms with E-state index in [1.165, 1.54) is 12.1 Å². The molecule has 0 aliphatic carbocycles. The van der Waals surface area contributed by atoms with Gasteiger partial charge in [0.25, 0.3) is 0 Å². The first kappa shape index (κ1) is 21.1. The van der Waals surface area contributed by atoms with Crippen LogP contribution in [0.25, 0.3) is 10.4 Å². The van der Waals surface area contributed by atoms with Gasteiger partial charge in [0, 0.05) is 18.0 Å². The largest absolute Gasteiger partial charge is 0.465 e. The third kappa shape index (κ3) is 7.75. The molecule has 0 heterocycles. The predicted octanol–water partition coefficient (Wildman–Crippen LogP) is 3.44. The quantitative estimate of drug-likeness (QED) is 0.265. The van der Waals surface area contributed by atoms with Crippen molar-refractivity contribution in [1.29, 1.82) is 0 Å². The van der Waals surface area contributed by atoms with Crippen molar-refractivity contribution in [2.75, 3.05) is 6.54 Å². The fraction of sp³-hybridized carbons (Fsp3) is 0.467. The number of hydrogen-bond acceptors (Lipinski definition) is 3. The highest BCUT2D eigenvalue weighted by Gasteiger charge is 2.29. The Morgan fingerprint density at radius 2 is 1.85 bits per heavy atom. The van der Waals surface area contributed by atoms with Gasteiger partial charge in [-0.2, -0.15) is 13.2 Å². The number of hydrogen-bond donors (Lipinski definition) is 3. The number of carboxylic acid groups (broad SMARTS) is 1. The molecule has 1 atom stereocenters. The Kier molecular flexibility index (Phi) is 8.23. The molecule has 26 heavy (non-hydrogen) atoms. The molecule has 1 rings (SSSR count). The Hall–Kier alpha value is -2.94. The summed E-state index contributed by atoms with van der Waals surface area (Å²) in [4.78, 5) is 24.9. The van der Waals surface area contributed by atoms with Crippen LogP contribution in [-0.4, -0.2) is 29.7 Å². The van der Waals surface area contributed by atoms with Crippen LogP contribution in [0.5, 0.6) is 0 Å². The standard InChI is InChI=1S/C15H18F3N5O3/c16-15(17,18)11-6-4-10(5-7-11)9-21-13(24)12(22-23-19)3-1-2-8-20-14(25)26/h4-7,12,20H,1-3,8-9H2,(H,21,24)(H,25,26). The molecule has 8 nitrogen and oxygen atoms in total. The number of benzene rings is 1. The van der Waals surface area contributed by atoms with Gasteiger partial charge < -0.3 is 15.7 Å². The summed E-state index contributed by atoms with van der Waals surface area (Å²) in [5.41, 5.74) is 8.22. The number of carbonyl (C=O) groups is 2. The maximum Gasteiger partial charge on any atom is 0.416 e. The molecule has 0 spiro atoms. The first-order valence-corrected chi connectivity index (χ1v) is 7.69. The number of unbranched alkanes of at least 4 members (excludes halogenated alkanes) is 1. The number of amides is 2. The van der Waals surface area contributed by atoms with Gasteiger partial charge in [-0.3, -0.25) is 4.79 Å². The molecule has 11 heteroatoms. The van der Waals surface area contributed by atoms with Crippen LogP contribution in [0.15, 0.2) is 29.4 Å². The summed E-state index contributed by atoms with van der Waals surface area (Å²) in [5, 5.41) is 16.5. The summed E-state index contributed by atoms with van der Waals surface area (Å²) in [6.45, 7) is 0.209. The topological polar surface area (TPSA) is 127 Å². The van der Waals surface area contributed by atoms with Crippen LogP contribution in [0.3, 0.4) is 0 Å². The molecule has 0 bridgehead atoms. The predicted molar refractivity (Wildman–Crippen MR) is 86.1 cm³/mol. The molecule has 0 aromatic heterocycles. The van der Waals surface area contributed by atoms with Gasteiger partial charge >= 0.3 is 12.3 Å². The van der Waals surface area contributed by atoms with Crippen molar-refractivity contribution in [2.24, 2.45) is 5.11 Å². The van der Waals surface area contributed by atoms with Crippen LogP contribution in [0.1, 0.15) is 30.4 Å². The highest BCUT2D eigenvalue weighted by Crippen LogP contribution is 2.29. The van der Waals surface area contributed by atoms with Crippen LogP contribution in [0, 0.1) is 0 Å². The van der Waals surface area contributed by atoms with Crippen molar-refractivity contribution in [3.8, 4) is 0 Å². The Morgan fingerprint density at radius 1 is 1.19 bits per heavy atom. The lowest BCUT2D eigenvalue weighted by Gasteiger charge is -2.12. The van der Waals surface area contributed by atoms with Crippen molar-refractivity contribution >= 4 is 12.0 Å². The Labute approximate surface area is 147 Å². The zero-order valence-corrected chi connectivity index (χ0v) is 13.7. The molecule has 2 amide bonds. The van der Waals surface area contributed by atoms with Crippen LogP contribution in [0.2, 0.25) is 0 Å². The lowest BCUT2D eigenvalue weighted by Crippen LogP contribution is -2.33. The highest BCUT2D eigenvalue weighted by atomic mass is 19.4. The summed E-state index contributed by atoms with van der Waals surface area (Å²) < 4.78 is 37.5. The van der Waals surface area contributed by atoms with E-state index < -0.39 is 29.8 Å². The van der Waals surface area contributed by atoms with E-state index in [1.54, 1.807) is 0 Å². The molecule has 142 valence electrons. The molecular formula is C15H18F3N5O3. The van der Waals surface area contributed by atoms with E-state index in [9.17, 15) is 22.8 Å². The zero-order valence-electron chi connectivity index (χ0n) is 13.7. The van der Waals surface area contributed by atoms with Crippen LogP contribution < -0.4 is 10.6 Å². The highest BCUT2D eigenvalue weighted by molar-refractivity contribution is 5.81. The monoisotopic (exact) mass is 373 g/mol. The summed E-state index contributed by atoms with van der Waals surface area (Å²) in [6, 6.07) is 3.37. The van der Waals surface area contributed by atoms with E-state index in [0.717, 1.165) is 12.1 Å². The van der Waals surface area contributed by atoms with Crippen molar-refractivity contribution in [3.05, 3.63) is 45.8 Å². The van der Waals surface area contributed by atoms with Gasteiger partial charge in [-0.25, -0.2) is 4.79 Å². The minimum Gasteiger partial charge on any atom is -0.465 e. The lowest BCUT2D eigenvalue weighted by atomic mass is 10.1. The van der Waals surface area contributed by atoms with Crippen molar-refractivity contribution in [3.63, 3.8) is 0 Å². The minimum atomic E-state index is -4.43. The lowest BCUT2D eigenvalue weighted by molar-refractivity contribution is -0.137. The van der Waals surface area contributed by atoms with Gasteiger partial charge in [0.05, 0.1) is 5.56 Å². The van der Waals surface area contributed by atoms with Crippen LogP contribution in [0.4, 0.5) is 18.0 Å². The third-order valence-electron chi connectivity index (χ3n) is 3.42. The molecule has 0 saturated carbocycles. The molecule has 3 N–H and O–H groups in total. The summed E-state index contributed by atoms with van der Waals surface area (Å²) >= 11 is 0. The van der Waals surface area contributed by atoms with Gasteiger partial charge in [-0.1, -0.05) is 23.7 Å². The first-order chi connectivity index (χ1) is 12.2. The first-order valence-electron chi connectivity index (χ1n) is 7.69. The minimum absolute atomic E-state index is 0.00497. The molecule has 0 saturated heterocycles. The second-order valence-electron chi connectivity index (χ2n) is 5.36. The fourth-order valence-electron chi connectivity index (χ4n) is 2.08. The molecule has 1 aromatic rings. The molecule has 1 aromatic carbocycles. The second-order valence-corrected chi connectivity index (χ2v) is 5.36. The van der Waals surface area contributed by atoms with Gasteiger partial charge in [-0.15, -0.1) is 0 Å². The van der Waals surface area contributed by atoms with E-state index >= 15 is 0 Å². The number of nitrogens with zero attached hydrogens (tertiary/aromatic N) is 3. The van der Waals surface area contributed by atoms with E-state index in [0.29, 0.717) is 18.4 Å². The summed E-state index contributed by atoms with van der Waals surface area (Å²) in [6.07, 6.45) is -4.42. The number of carbonyl (C=O) groups excluding carboxylic acids is 1. The molecule has 1 unspecified atom stereocenters. The zero-order chi connectivity index (χ0) is 19.6. The molecular weight excluding hydrogens is 355 g/mol. The third-order valence-corrected chi connectivity index (χ3v) is 3.42. The van der Waals surface area contributed by atoms with Gasteiger partial charge in [0.2, 0.25) is 5.91 Å². The van der Waals surface area contributed by atoms with Crippen molar-refractivity contribution in [1.82, 2.24) is 10.6 Å². The van der Waals surface area contributed by atoms with Crippen molar-refractivity contribution < 1.29 is 27.9 Å². The smallest absolute Gasteiger partial charge is 0.416 e.